The molecule has 1 saturated carbocycles. The number of carbonyl (C=O) groups excluding carboxylic acids is 2. The molecule has 7 heteroatoms. The maximum atomic E-state index is 12.6. The van der Waals surface area contributed by atoms with Gasteiger partial charge >= 0.3 is 12.1 Å². The summed E-state index contributed by atoms with van der Waals surface area (Å²) in [5, 5.41) is 9.14. The Morgan fingerprint density at radius 2 is 1.73 bits per heavy atom. The van der Waals surface area contributed by atoms with Crippen molar-refractivity contribution >= 4 is 17.7 Å². The number of nitrogens with one attached hydrogen (secondary N) is 3. The molecule has 2 aliphatic rings. The summed E-state index contributed by atoms with van der Waals surface area (Å²) in [6, 6.07) is 7.75. The van der Waals surface area contributed by atoms with Crippen molar-refractivity contribution < 1.29 is 14.3 Å². The number of carbonyl (C=O) groups is 2. The highest BCUT2D eigenvalue weighted by Crippen LogP contribution is 2.21. The number of nitrogens with zero attached hydrogens (tertiary/aromatic N) is 1. The molecule has 3 N–H and O–H groups in total. The van der Waals surface area contributed by atoms with Gasteiger partial charge in [0.25, 0.3) is 0 Å². The Labute approximate surface area is 179 Å². The first-order valence-corrected chi connectivity index (χ1v) is 11.4. The van der Waals surface area contributed by atoms with E-state index in [4.69, 9.17) is 4.74 Å². The quantitative estimate of drug-likeness (QED) is 0.639. The number of urea groups is 2. The maximum Gasteiger partial charge on any atom is 0.321 e. The molecule has 0 spiro atoms. The monoisotopic (exact) mass is 416 g/mol. The molecule has 1 aliphatic heterocycles. The zero-order chi connectivity index (χ0) is 21.3. The fourth-order valence-corrected chi connectivity index (χ4v) is 4.05. The SMILES string of the molecule is CCC(C)Oc1cccc(NC(=O)N2CCC(NC(=O)NC3CCCCC3)CC2)c1. The van der Waals surface area contributed by atoms with Crippen molar-refractivity contribution in [2.24, 2.45) is 0 Å². The highest BCUT2D eigenvalue weighted by molar-refractivity contribution is 5.89. The zero-order valence-electron chi connectivity index (χ0n) is 18.3. The molecule has 0 aromatic heterocycles. The van der Waals surface area contributed by atoms with Gasteiger partial charge < -0.3 is 25.6 Å². The van der Waals surface area contributed by atoms with E-state index in [0.717, 1.165) is 43.5 Å². The van der Waals surface area contributed by atoms with Crippen molar-refractivity contribution in [1.29, 1.82) is 0 Å². The highest BCUT2D eigenvalue weighted by Gasteiger charge is 2.25. The number of piperidine rings is 1. The summed E-state index contributed by atoms with van der Waals surface area (Å²) >= 11 is 0. The van der Waals surface area contributed by atoms with Crippen LogP contribution in [0.25, 0.3) is 0 Å². The average Bonchev–Trinajstić information content (AvgIpc) is 2.75. The Morgan fingerprint density at radius 3 is 2.40 bits per heavy atom. The van der Waals surface area contributed by atoms with Crippen LogP contribution in [-0.2, 0) is 0 Å². The summed E-state index contributed by atoms with van der Waals surface area (Å²) in [6.07, 6.45) is 8.43. The minimum absolute atomic E-state index is 0.0667. The van der Waals surface area contributed by atoms with Crippen molar-refractivity contribution in [2.45, 2.75) is 83.4 Å². The lowest BCUT2D eigenvalue weighted by molar-refractivity contribution is 0.186. The van der Waals surface area contributed by atoms with E-state index in [1.807, 2.05) is 31.2 Å². The number of ether oxygens (including phenoxy) is 1. The van der Waals surface area contributed by atoms with E-state index in [0.29, 0.717) is 19.1 Å². The minimum Gasteiger partial charge on any atom is -0.491 e. The van der Waals surface area contributed by atoms with Gasteiger partial charge in [-0.25, -0.2) is 9.59 Å². The van der Waals surface area contributed by atoms with E-state index in [1.54, 1.807) is 4.90 Å². The standard InChI is InChI=1S/C23H36N4O3/c1-3-17(2)30-21-11-7-10-20(16-21)26-23(29)27-14-12-19(13-15-27)25-22(28)24-18-8-5-4-6-9-18/h7,10-11,16-19H,3-6,8-9,12-15H2,1-2H3,(H,26,29)(H2,24,25,28). The second-order valence-corrected chi connectivity index (χ2v) is 8.51. The number of hydrogen-bond donors (Lipinski definition) is 3. The normalized spacial score (nSPS) is 19.1. The largest absolute Gasteiger partial charge is 0.491 e. The Balaban J connectivity index is 1.40. The molecule has 0 radical (unpaired) electrons. The highest BCUT2D eigenvalue weighted by atomic mass is 16.5. The molecule has 4 amide bonds. The van der Waals surface area contributed by atoms with Gasteiger partial charge in [0.15, 0.2) is 0 Å². The molecule has 2 fully saturated rings. The van der Waals surface area contributed by atoms with Crippen molar-refractivity contribution in [3.05, 3.63) is 24.3 Å². The van der Waals surface area contributed by atoms with Crippen LogP contribution in [0.5, 0.6) is 5.75 Å². The fraction of sp³-hybridized carbons (Fsp3) is 0.652. The number of likely N-dealkylation sites (tertiary alicyclic amines) is 1. The van der Waals surface area contributed by atoms with E-state index < -0.39 is 0 Å². The van der Waals surface area contributed by atoms with Gasteiger partial charge in [-0.05, 0) is 51.2 Å². The van der Waals surface area contributed by atoms with Crippen LogP contribution in [0.3, 0.4) is 0 Å². The summed E-state index contributed by atoms with van der Waals surface area (Å²) in [4.78, 5) is 26.7. The fourth-order valence-electron chi connectivity index (χ4n) is 4.05. The van der Waals surface area contributed by atoms with Crippen LogP contribution in [0, 0.1) is 0 Å². The van der Waals surface area contributed by atoms with Gasteiger partial charge in [0.05, 0.1) is 6.10 Å². The van der Waals surface area contributed by atoms with Gasteiger partial charge in [-0.2, -0.15) is 0 Å². The Kier molecular flexibility index (Phi) is 8.22. The van der Waals surface area contributed by atoms with E-state index in [1.165, 1.54) is 19.3 Å². The number of anilines is 1. The third-order valence-corrected chi connectivity index (χ3v) is 6.06. The van der Waals surface area contributed by atoms with Crippen LogP contribution in [0.2, 0.25) is 0 Å². The topological polar surface area (TPSA) is 82.7 Å². The van der Waals surface area contributed by atoms with Gasteiger partial charge in [0, 0.05) is 36.9 Å². The summed E-state index contributed by atoms with van der Waals surface area (Å²) in [5.74, 6) is 0.758. The maximum absolute atomic E-state index is 12.6. The summed E-state index contributed by atoms with van der Waals surface area (Å²) < 4.78 is 5.83. The van der Waals surface area contributed by atoms with Crippen LogP contribution in [0.4, 0.5) is 15.3 Å². The Hall–Kier alpha value is -2.44. The Morgan fingerprint density at radius 1 is 1.07 bits per heavy atom. The minimum atomic E-state index is -0.110. The second-order valence-electron chi connectivity index (χ2n) is 8.51. The molecule has 166 valence electrons. The van der Waals surface area contributed by atoms with Crippen molar-refractivity contribution in [1.82, 2.24) is 15.5 Å². The lowest BCUT2D eigenvalue weighted by atomic mass is 9.96. The third kappa shape index (κ3) is 6.82. The van der Waals surface area contributed by atoms with E-state index in [9.17, 15) is 9.59 Å². The first-order chi connectivity index (χ1) is 14.5. The molecule has 30 heavy (non-hydrogen) atoms. The molecule has 3 rings (SSSR count). The van der Waals surface area contributed by atoms with Gasteiger partial charge in [-0.1, -0.05) is 32.3 Å². The number of rotatable bonds is 6. The number of benzene rings is 1. The molecule has 0 bridgehead atoms. The number of amides is 4. The predicted molar refractivity (Wildman–Crippen MR) is 119 cm³/mol. The number of hydrogen-bond acceptors (Lipinski definition) is 3. The lowest BCUT2D eigenvalue weighted by Crippen LogP contribution is -2.51. The van der Waals surface area contributed by atoms with Crippen molar-refractivity contribution in [2.75, 3.05) is 18.4 Å². The summed E-state index contributed by atoms with van der Waals surface area (Å²) in [6.45, 7) is 5.36. The van der Waals surface area contributed by atoms with E-state index >= 15 is 0 Å². The molecular formula is C23H36N4O3. The van der Waals surface area contributed by atoms with Crippen molar-refractivity contribution in [3.63, 3.8) is 0 Å². The van der Waals surface area contributed by atoms with Gasteiger partial charge in [-0.3, -0.25) is 0 Å². The van der Waals surface area contributed by atoms with Crippen molar-refractivity contribution in [3.8, 4) is 5.75 Å². The molecule has 1 aliphatic carbocycles. The second kappa shape index (κ2) is 11.1. The Bertz CT molecular complexity index is 697. The third-order valence-electron chi connectivity index (χ3n) is 6.06. The smallest absolute Gasteiger partial charge is 0.321 e. The summed E-state index contributed by atoms with van der Waals surface area (Å²) in [7, 11) is 0. The molecule has 1 atom stereocenters. The van der Waals surface area contributed by atoms with Crippen LogP contribution < -0.4 is 20.7 Å². The molecule has 7 nitrogen and oxygen atoms in total. The summed E-state index contributed by atoms with van der Waals surface area (Å²) in [5.41, 5.74) is 0.730. The van der Waals surface area contributed by atoms with Crippen LogP contribution in [0.15, 0.2) is 24.3 Å². The van der Waals surface area contributed by atoms with Gasteiger partial charge in [-0.15, -0.1) is 0 Å². The van der Waals surface area contributed by atoms with Crippen LogP contribution >= 0.6 is 0 Å². The molecule has 1 unspecified atom stereocenters. The van der Waals surface area contributed by atoms with E-state index in [-0.39, 0.29) is 24.2 Å². The molecular weight excluding hydrogens is 380 g/mol. The average molecular weight is 417 g/mol. The predicted octanol–water partition coefficient (Wildman–Crippen LogP) is 4.49. The van der Waals surface area contributed by atoms with Crippen LogP contribution in [-0.4, -0.2) is 48.2 Å². The zero-order valence-corrected chi connectivity index (χ0v) is 18.3. The molecule has 1 aromatic rings. The van der Waals surface area contributed by atoms with Gasteiger partial charge in [0.2, 0.25) is 0 Å². The molecule has 1 saturated heterocycles. The molecule has 1 heterocycles. The van der Waals surface area contributed by atoms with Gasteiger partial charge in [0.1, 0.15) is 5.75 Å². The first kappa shape index (κ1) is 22.2. The van der Waals surface area contributed by atoms with Crippen LogP contribution in [0.1, 0.15) is 65.2 Å². The first-order valence-electron chi connectivity index (χ1n) is 11.4. The van der Waals surface area contributed by atoms with E-state index in [2.05, 4.69) is 22.9 Å². The molecule has 1 aromatic carbocycles. The lowest BCUT2D eigenvalue weighted by Gasteiger charge is -2.33.